The fourth-order valence-electron chi connectivity index (χ4n) is 1.53. The van der Waals surface area contributed by atoms with E-state index in [1.54, 1.807) is 20.8 Å². The van der Waals surface area contributed by atoms with E-state index in [1.807, 2.05) is 0 Å². The van der Waals surface area contributed by atoms with E-state index in [2.05, 4.69) is 6.92 Å². The van der Waals surface area contributed by atoms with Crippen molar-refractivity contribution in [3.63, 3.8) is 0 Å². The first kappa shape index (κ1) is 15.1. The van der Waals surface area contributed by atoms with Crippen LogP contribution in [0.1, 0.15) is 45.4 Å². The van der Waals surface area contributed by atoms with Crippen LogP contribution >= 0.6 is 0 Å². The molecule has 0 rings (SSSR count). The van der Waals surface area contributed by atoms with E-state index >= 15 is 0 Å². The Bertz CT molecular complexity index is 152. The molecule has 0 spiro atoms. The minimum atomic E-state index is -2.54. The maximum absolute atomic E-state index is 13.8. The van der Waals surface area contributed by atoms with Crippen LogP contribution in [-0.2, 0) is 8.85 Å². The lowest BCUT2D eigenvalue weighted by atomic mass is 10.1. The molecule has 1 unspecified atom stereocenters. The van der Waals surface area contributed by atoms with Gasteiger partial charge in [0.15, 0.2) is 0 Å². The Morgan fingerprint density at radius 3 is 2.07 bits per heavy atom. The average Bonchev–Trinajstić information content (AvgIpc) is 2.27. The zero-order chi connectivity index (χ0) is 11.7. The highest BCUT2D eigenvalue weighted by Gasteiger charge is 2.39. The monoisotopic (exact) mass is 236 g/mol. The quantitative estimate of drug-likeness (QED) is 0.450. The molecule has 0 saturated carbocycles. The van der Waals surface area contributed by atoms with Crippen molar-refractivity contribution in [1.82, 2.24) is 0 Å². The predicted octanol–water partition coefficient (Wildman–Crippen LogP) is 3.59. The number of hydrogen-bond donors (Lipinski definition) is 0. The average molecular weight is 236 g/mol. The molecule has 0 saturated heterocycles. The van der Waals surface area contributed by atoms with Crippen LogP contribution in [0.15, 0.2) is 0 Å². The fraction of sp³-hybridized carbons (Fsp3) is 1.00. The van der Waals surface area contributed by atoms with Gasteiger partial charge in [0.25, 0.3) is 0 Å². The van der Waals surface area contributed by atoms with E-state index in [4.69, 9.17) is 8.85 Å². The molecule has 0 heterocycles. The van der Waals surface area contributed by atoms with Crippen molar-refractivity contribution in [2.24, 2.45) is 0 Å². The second kappa shape index (κ2) is 8.25. The molecule has 1 atom stereocenters. The van der Waals surface area contributed by atoms with Crippen LogP contribution in [0.3, 0.4) is 0 Å². The summed E-state index contributed by atoms with van der Waals surface area (Å²) in [5, 5.41) is 0. The van der Waals surface area contributed by atoms with Crippen molar-refractivity contribution in [3.8, 4) is 0 Å². The van der Waals surface area contributed by atoms with E-state index in [0.717, 1.165) is 12.8 Å². The molecule has 0 aliphatic heterocycles. The Morgan fingerprint density at radius 1 is 1.07 bits per heavy atom. The number of unbranched alkanes of at least 4 members (excludes halogenated alkanes) is 4. The van der Waals surface area contributed by atoms with Crippen LogP contribution in [0.4, 0.5) is 4.39 Å². The lowest BCUT2D eigenvalue weighted by molar-refractivity contribution is 0.195. The lowest BCUT2D eigenvalue weighted by Crippen LogP contribution is -2.47. The molecule has 0 aromatic rings. The van der Waals surface area contributed by atoms with E-state index in [-0.39, 0.29) is 0 Å². The molecule has 92 valence electrons. The Kier molecular flexibility index (Phi) is 8.28. The highest BCUT2D eigenvalue weighted by atomic mass is 28.4. The summed E-state index contributed by atoms with van der Waals surface area (Å²) in [6, 6.07) is 0. The summed E-state index contributed by atoms with van der Waals surface area (Å²) in [6.45, 7) is 3.96. The minimum Gasteiger partial charge on any atom is -0.396 e. The molecule has 0 fully saturated rings. The van der Waals surface area contributed by atoms with Crippen LogP contribution in [0, 0.1) is 0 Å². The number of halogens is 1. The number of hydrogen-bond acceptors (Lipinski definition) is 2. The Hall–Kier alpha value is 0.0669. The first-order valence-corrected chi connectivity index (χ1v) is 8.24. The van der Waals surface area contributed by atoms with E-state index < -0.39 is 14.4 Å². The van der Waals surface area contributed by atoms with Gasteiger partial charge in [-0.25, -0.2) is 4.39 Å². The fourth-order valence-corrected chi connectivity index (χ4v) is 2.94. The molecule has 0 amide bonds. The zero-order valence-electron chi connectivity index (χ0n) is 10.5. The standard InChI is InChI=1S/C11H25FO2Si/c1-5-6-7-8-9-10-11(12)15(4,13-2)14-3/h11H,5-10H2,1-4H3. The summed E-state index contributed by atoms with van der Waals surface area (Å²) in [6.07, 6.45) is 6.32. The third-order valence-corrected chi connectivity index (χ3v) is 5.99. The number of alkyl halides is 1. The van der Waals surface area contributed by atoms with Crippen LogP contribution in [0.5, 0.6) is 0 Å². The molecule has 0 bridgehead atoms. The number of rotatable bonds is 9. The molecule has 0 N–H and O–H groups in total. The molecule has 15 heavy (non-hydrogen) atoms. The largest absolute Gasteiger partial charge is 0.396 e. The van der Waals surface area contributed by atoms with Gasteiger partial charge in [0.1, 0.15) is 5.79 Å². The van der Waals surface area contributed by atoms with Gasteiger partial charge in [0, 0.05) is 14.2 Å². The van der Waals surface area contributed by atoms with Gasteiger partial charge in [-0.05, 0) is 13.0 Å². The highest BCUT2D eigenvalue weighted by Crippen LogP contribution is 2.20. The maximum Gasteiger partial charge on any atom is 0.369 e. The van der Waals surface area contributed by atoms with Crippen molar-refractivity contribution in [1.29, 1.82) is 0 Å². The van der Waals surface area contributed by atoms with Crippen molar-refractivity contribution in [2.75, 3.05) is 14.2 Å². The van der Waals surface area contributed by atoms with Crippen molar-refractivity contribution in [2.45, 2.75) is 57.8 Å². The normalized spacial score (nSPS) is 14.2. The Morgan fingerprint density at radius 2 is 1.60 bits per heavy atom. The maximum atomic E-state index is 13.8. The topological polar surface area (TPSA) is 18.5 Å². The molecule has 2 nitrogen and oxygen atoms in total. The van der Waals surface area contributed by atoms with Gasteiger partial charge in [0.2, 0.25) is 0 Å². The molecule has 4 heteroatoms. The first-order chi connectivity index (χ1) is 7.10. The van der Waals surface area contributed by atoms with Crippen LogP contribution in [0.2, 0.25) is 6.55 Å². The summed E-state index contributed by atoms with van der Waals surface area (Å²) >= 11 is 0. The Labute approximate surface area is 94.4 Å². The van der Waals surface area contributed by atoms with E-state index in [0.29, 0.717) is 6.42 Å². The highest BCUT2D eigenvalue weighted by molar-refractivity contribution is 6.67. The molecule has 0 aromatic heterocycles. The van der Waals surface area contributed by atoms with Crippen molar-refractivity contribution in [3.05, 3.63) is 0 Å². The molecular weight excluding hydrogens is 211 g/mol. The first-order valence-electron chi connectivity index (χ1n) is 5.85. The van der Waals surface area contributed by atoms with Crippen LogP contribution in [0.25, 0.3) is 0 Å². The summed E-state index contributed by atoms with van der Waals surface area (Å²) in [4.78, 5) is 0. The van der Waals surface area contributed by atoms with Gasteiger partial charge >= 0.3 is 8.56 Å². The minimum absolute atomic E-state index is 0.577. The summed E-state index contributed by atoms with van der Waals surface area (Å²) in [5.74, 6) is -0.908. The second-order valence-corrected chi connectivity index (χ2v) is 7.57. The molecule has 0 aromatic carbocycles. The zero-order valence-corrected chi connectivity index (χ0v) is 11.5. The molecule has 0 aliphatic rings. The summed E-state index contributed by atoms with van der Waals surface area (Å²) in [7, 11) is 0.546. The summed E-state index contributed by atoms with van der Waals surface area (Å²) < 4.78 is 24.1. The van der Waals surface area contributed by atoms with Crippen LogP contribution in [-0.4, -0.2) is 28.6 Å². The van der Waals surface area contributed by atoms with Crippen LogP contribution < -0.4 is 0 Å². The molecule has 0 radical (unpaired) electrons. The van der Waals surface area contributed by atoms with Crippen molar-refractivity contribution < 1.29 is 13.2 Å². The van der Waals surface area contributed by atoms with Crippen molar-refractivity contribution >= 4 is 8.56 Å². The van der Waals surface area contributed by atoms with Gasteiger partial charge in [-0.15, -0.1) is 0 Å². The van der Waals surface area contributed by atoms with E-state index in [9.17, 15) is 4.39 Å². The van der Waals surface area contributed by atoms with Gasteiger partial charge < -0.3 is 8.85 Å². The predicted molar refractivity (Wildman–Crippen MR) is 63.9 cm³/mol. The van der Waals surface area contributed by atoms with Gasteiger partial charge in [0.05, 0.1) is 0 Å². The smallest absolute Gasteiger partial charge is 0.369 e. The summed E-state index contributed by atoms with van der Waals surface area (Å²) in [5.41, 5.74) is 0. The van der Waals surface area contributed by atoms with Gasteiger partial charge in [-0.2, -0.15) is 0 Å². The third kappa shape index (κ3) is 5.63. The Balaban J connectivity index is 3.67. The molecular formula is C11H25FO2Si. The SMILES string of the molecule is CCCCCCCC(F)[Si](C)(OC)OC. The van der Waals surface area contributed by atoms with E-state index in [1.165, 1.54) is 19.3 Å². The molecule has 0 aliphatic carbocycles. The third-order valence-electron chi connectivity index (χ3n) is 2.94. The second-order valence-electron chi connectivity index (χ2n) is 4.09. The van der Waals surface area contributed by atoms with Gasteiger partial charge in [-0.1, -0.05) is 39.0 Å². The lowest BCUT2D eigenvalue weighted by Gasteiger charge is -2.26. The van der Waals surface area contributed by atoms with Gasteiger partial charge in [-0.3, -0.25) is 0 Å².